The Balaban J connectivity index is 1.13. The van der Waals surface area contributed by atoms with Gasteiger partial charge in [0.2, 0.25) is 0 Å². The molecule has 0 saturated heterocycles. The lowest BCUT2D eigenvalue weighted by atomic mass is 9.79. The summed E-state index contributed by atoms with van der Waals surface area (Å²) in [4.78, 5) is 2.41. The Bertz CT molecular complexity index is 2520. The van der Waals surface area contributed by atoms with Crippen molar-refractivity contribution in [2.45, 2.75) is 64.7 Å². The number of fused-ring (bicyclic) bond motifs is 6. The summed E-state index contributed by atoms with van der Waals surface area (Å²) < 4.78 is 0. The molecule has 0 fully saturated rings. The van der Waals surface area contributed by atoms with E-state index in [0.717, 1.165) is 17.1 Å². The number of rotatable bonds is 5. The summed E-state index contributed by atoms with van der Waals surface area (Å²) in [5.74, 6) is 0. The topological polar surface area (TPSA) is 3.24 Å². The average Bonchev–Trinajstić information content (AvgIpc) is 3.55. The van der Waals surface area contributed by atoms with Gasteiger partial charge in [-0.05, 0) is 120 Å². The maximum absolute atomic E-state index is 2.41. The molecule has 9 rings (SSSR count). The number of anilines is 3. The smallest absolute Gasteiger partial charge is 0.0467 e. The number of nitrogens with zero attached hydrogens (tertiary/aromatic N) is 1. The van der Waals surface area contributed by atoms with Crippen molar-refractivity contribution in [2.75, 3.05) is 4.90 Å². The fraction of sp³-hybridized carbons (Fsp3) is 0.192. The number of hydrogen-bond donors (Lipinski definition) is 0. The zero-order valence-corrected chi connectivity index (χ0v) is 32.0. The highest BCUT2D eigenvalue weighted by Gasteiger charge is 2.38. The lowest BCUT2D eigenvalue weighted by molar-refractivity contribution is 0.590. The van der Waals surface area contributed by atoms with Crippen LogP contribution in [0.2, 0.25) is 0 Å². The van der Waals surface area contributed by atoms with E-state index in [1.807, 2.05) is 0 Å². The zero-order valence-electron chi connectivity index (χ0n) is 32.0. The molecule has 0 spiro atoms. The molecule has 53 heavy (non-hydrogen) atoms. The van der Waals surface area contributed by atoms with Gasteiger partial charge in [0.15, 0.2) is 0 Å². The summed E-state index contributed by atoms with van der Waals surface area (Å²) >= 11 is 0. The van der Waals surface area contributed by atoms with E-state index in [1.54, 1.807) is 0 Å². The van der Waals surface area contributed by atoms with E-state index in [2.05, 4.69) is 211 Å². The lowest BCUT2D eigenvalue weighted by Crippen LogP contribution is -2.16. The molecule has 0 heterocycles. The minimum absolute atomic E-state index is 0.0280. The van der Waals surface area contributed by atoms with E-state index < -0.39 is 0 Å². The van der Waals surface area contributed by atoms with Crippen LogP contribution in [0, 0.1) is 0 Å². The molecule has 1 heteroatoms. The van der Waals surface area contributed by atoms with Gasteiger partial charge < -0.3 is 4.90 Å². The second kappa shape index (κ2) is 11.9. The minimum atomic E-state index is -0.0909. The Morgan fingerprint density at radius 3 is 1.58 bits per heavy atom. The van der Waals surface area contributed by atoms with Crippen LogP contribution in [-0.2, 0) is 16.2 Å². The van der Waals surface area contributed by atoms with Crippen LogP contribution in [0.25, 0.3) is 44.5 Å². The molecule has 0 saturated carbocycles. The Kier molecular flexibility index (Phi) is 7.48. The molecular weight excluding hydrogens is 639 g/mol. The molecule has 7 aromatic carbocycles. The van der Waals surface area contributed by atoms with Crippen molar-refractivity contribution >= 4 is 17.1 Å². The first kappa shape index (κ1) is 33.2. The summed E-state index contributed by atoms with van der Waals surface area (Å²) in [5, 5.41) is 0. The first-order valence-corrected chi connectivity index (χ1v) is 19.0. The van der Waals surface area contributed by atoms with Crippen LogP contribution in [0.4, 0.5) is 17.1 Å². The van der Waals surface area contributed by atoms with Gasteiger partial charge in [-0.1, -0.05) is 164 Å². The third-order valence-electron chi connectivity index (χ3n) is 12.0. The van der Waals surface area contributed by atoms with E-state index in [0.29, 0.717) is 0 Å². The fourth-order valence-corrected chi connectivity index (χ4v) is 9.15. The highest BCUT2D eigenvalue weighted by Crippen LogP contribution is 2.53. The van der Waals surface area contributed by atoms with Gasteiger partial charge in [-0.2, -0.15) is 0 Å². The molecule has 1 nitrogen and oxygen atoms in total. The predicted octanol–water partition coefficient (Wildman–Crippen LogP) is 14.4. The van der Waals surface area contributed by atoms with Gasteiger partial charge in [-0.25, -0.2) is 0 Å². The van der Waals surface area contributed by atoms with Gasteiger partial charge in [-0.3, -0.25) is 0 Å². The summed E-state index contributed by atoms with van der Waals surface area (Å²) in [7, 11) is 0. The van der Waals surface area contributed by atoms with Crippen LogP contribution in [0.5, 0.6) is 0 Å². The van der Waals surface area contributed by atoms with Gasteiger partial charge in [0.25, 0.3) is 0 Å². The highest BCUT2D eigenvalue weighted by atomic mass is 15.1. The number of benzene rings is 7. The number of hydrogen-bond acceptors (Lipinski definition) is 1. The Labute approximate surface area is 315 Å². The van der Waals surface area contributed by atoms with Crippen LogP contribution >= 0.6 is 0 Å². The van der Waals surface area contributed by atoms with E-state index >= 15 is 0 Å². The van der Waals surface area contributed by atoms with Crippen molar-refractivity contribution in [2.24, 2.45) is 0 Å². The van der Waals surface area contributed by atoms with E-state index in [-0.39, 0.29) is 16.2 Å². The van der Waals surface area contributed by atoms with Crippen molar-refractivity contribution in [1.82, 2.24) is 0 Å². The normalized spacial score (nSPS) is 14.6. The third kappa shape index (κ3) is 5.28. The average molecular weight is 686 g/mol. The maximum Gasteiger partial charge on any atom is 0.0467 e. The molecule has 2 aliphatic carbocycles. The second-order valence-electron chi connectivity index (χ2n) is 17.1. The molecule has 0 radical (unpaired) electrons. The highest BCUT2D eigenvalue weighted by molar-refractivity contribution is 5.90. The maximum atomic E-state index is 2.41. The van der Waals surface area contributed by atoms with Crippen molar-refractivity contribution < 1.29 is 0 Å². The molecule has 260 valence electrons. The fourth-order valence-electron chi connectivity index (χ4n) is 9.15. The monoisotopic (exact) mass is 685 g/mol. The van der Waals surface area contributed by atoms with Crippen LogP contribution in [-0.4, -0.2) is 0 Å². The Morgan fingerprint density at radius 1 is 0.377 bits per heavy atom. The van der Waals surface area contributed by atoms with Gasteiger partial charge in [0.05, 0.1) is 0 Å². The largest absolute Gasteiger partial charge is 0.310 e. The molecule has 0 amide bonds. The SMILES string of the molecule is CC(C)(C)c1ccc(N(c2ccc(-c3ccc4c(c3)C(C)(C)c3ccccc3-4)cc2)c2cccc(-c3cccc4c3C(C)(C)c3ccccc3-4)c2)cc1. The molecule has 2 aliphatic rings. The van der Waals surface area contributed by atoms with Crippen molar-refractivity contribution in [1.29, 1.82) is 0 Å². The lowest BCUT2D eigenvalue weighted by Gasteiger charge is -2.28. The Hall–Kier alpha value is -5.66. The standard InChI is InChI=1S/C52H47N/c1-50(2,3)37-25-29-39(30-26-37)53(38-27-22-34(23-28-38)35-24-31-44-42-16-8-10-20-46(42)51(4,5)48(44)33-35)40-15-12-14-36(32-40)41-18-13-19-45-43-17-9-11-21-47(43)52(6,7)49(41)45/h8-33H,1-7H3. The van der Waals surface area contributed by atoms with E-state index in [1.165, 1.54) is 72.3 Å². The molecule has 0 unspecified atom stereocenters. The van der Waals surface area contributed by atoms with Crippen molar-refractivity contribution in [3.05, 3.63) is 186 Å². The molecule has 7 aromatic rings. The zero-order chi connectivity index (χ0) is 36.7. The predicted molar refractivity (Wildman–Crippen MR) is 226 cm³/mol. The van der Waals surface area contributed by atoms with Crippen LogP contribution in [0.15, 0.2) is 158 Å². The molecule has 0 bridgehead atoms. The molecule has 0 aliphatic heterocycles. The Morgan fingerprint density at radius 2 is 0.906 bits per heavy atom. The third-order valence-corrected chi connectivity index (χ3v) is 12.0. The minimum Gasteiger partial charge on any atom is -0.310 e. The van der Waals surface area contributed by atoms with Gasteiger partial charge in [0.1, 0.15) is 0 Å². The van der Waals surface area contributed by atoms with E-state index in [4.69, 9.17) is 0 Å². The second-order valence-corrected chi connectivity index (χ2v) is 17.1. The summed E-state index contributed by atoms with van der Waals surface area (Å²) in [5.41, 5.74) is 20.7. The molecule has 0 atom stereocenters. The summed E-state index contributed by atoms with van der Waals surface area (Å²) in [6.07, 6.45) is 0. The quantitative estimate of drug-likeness (QED) is 0.174. The van der Waals surface area contributed by atoms with Crippen molar-refractivity contribution in [3.8, 4) is 44.5 Å². The molecule has 0 aromatic heterocycles. The van der Waals surface area contributed by atoms with Crippen LogP contribution in [0.3, 0.4) is 0 Å². The summed E-state index contributed by atoms with van der Waals surface area (Å²) in [6, 6.07) is 59.0. The van der Waals surface area contributed by atoms with E-state index in [9.17, 15) is 0 Å². The molecular formula is C52H47N. The van der Waals surface area contributed by atoms with Gasteiger partial charge in [0, 0.05) is 27.9 Å². The van der Waals surface area contributed by atoms with Crippen LogP contribution in [0.1, 0.15) is 76.3 Å². The first-order chi connectivity index (χ1) is 25.4. The first-order valence-electron chi connectivity index (χ1n) is 19.0. The van der Waals surface area contributed by atoms with Gasteiger partial charge >= 0.3 is 0 Å². The summed E-state index contributed by atoms with van der Waals surface area (Å²) in [6.45, 7) is 16.3. The van der Waals surface area contributed by atoms with Gasteiger partial charge in [-0.15, -0.1) is 0 Å². The van der Waals surface area contributed by atoms with Crippen molar-refractivity contribution in [3.63, 3.8) is 0 Å². The molecule has 0 N–H and O–H groups in total. The van der Waals surface area contributed by atoms with Crippen LogP contribution < -0.4 is 4.90 Å².